The number of carbonyl (C=O) groups excluding carboxylic acids is 2. The minimum atomic E-state index is -4.52. The molecule has 0 unspecified atom stereocenters. The molecule has 0 aliphatic rings. The lowest BCUT2D eigenvalue weighted by Crippen LogP contribution is -2.35. The molecule has 4 rings (SSSR count). The van der Waals surface area contributed by atoms with E-state index in [1.165, 1.54) is 48.7 Å². The fourth-order valence-electron chi connectivity index (χ4n) is 5.04. The Labute approximate surface area is 274 Å². The van der Waals surface area contributed by atoms with Crippen molar-refractivity contribution in [3.05, 3.63) is 129 Å². The molecular formula is C36H34BrF3N2O4. The second-order valence-corrected chi connectivity index (χ2v) is 11.8. The highest BCUT2D eigenvalue weighted by atomic mass is 79.9. The van der Waals surface area contributed by atoms with Gasteiger partial charge in [0, 0.05) is 29.7 Å². The standard InChI is InChI=1S/C36H34BrF3N2O4/c1-2-3-4-7-24-10-12-25(13-11-24)21-41-33(43)28-18-19-29(32(37)20-28)23-42(34(44)35(45)46)22-26-14-16-27(17-15-26)30-8-5-6-9-31(30)36(38,39)40/h5-6,8-20H,2-4,7,21-23H2,1H3,(H,41,43)(H,45,46). The van der Waals surface area contributed by atoms with Crippen molar-refractivity contribution in [3.8, 4) is 11.1 Å². The van der Waals surface area contributed by atoms with Crippen LogP contribution in [0.1, 0.15) is 64.4 Å². The lowest BCUT2D eigenvalue weighted by Gasteiger charge is -2.22. The van der Waals surface area contributed by atoms with E-state index >= 15 is 0 Å². The zero-order chi connectivity index (χ0) is 33.3. The van der Waals surface area contributed by atoms with Crippen LogP contribution in [-0.4, -0.2) is 27.8 Å². The topological polar surface area (TPSA) is 86.7 Å². The SMILES string of the molecule is CCCCCc1ccc(CNC(=O)c2ccc(CN(Cc3ccc(-c4ccccc4C(F)(F)F)cc3)C(=O)C(=O)O)c(Br)c2)cc1. The molecule has 0 radical (unpaired) electrons. The van der Waals surface area contributed by atoms with Crippen molar-refractivity contribution in [3.63, 3.8) is 0 Å². The van der Waals surface area contributed by atoms with Crippen molar-refractivity contribution < 1.29 is 32.7 Å². The monoisotopic (exact) mass is 694 g/mol. The average Bonchev–Trinajstić information content (AvgIpc) is 3.04. The summed E-state index contributed by atoms with van der Waals surface area (Å²) in [7, 11) is 0. The Hall–Kier alpha value is -4.44. The van der Waals surface area contributed by atoms with E-state index in [1.807, 2.05) is 12.1 Å². The number of amides is 2. The highest BCUT2D eigenvalue weighted by Gasteiger charge is 2.33. The molecule has 2 amide bonds. The summed E-state index contributed by atoms with van der Waals surface area (Å²) in [6.45, 7) is 2.34. The fraction of sp³-hybridized carbons (Fsp3) is 0.250. The zero-order valence-electron chi connectivity index (χ0n) is 25.2. The summed E-state index contributed by atoms with van der Waals surface area (Å²) in [4.78, 5) is 38.2. The number of aliphatic carboxylic acids is 1. The number of carboxylic acid groups (broad SMARTS) is 1. The van der Waals surface area contributed by atoms with Gasteiger partial charge in [0.15, 0.2) is 0 Å². The molecule has 0 heterocycles. The van der Waals surface area contributed by atoms with Crippen molar-refractivity contribution in [1.29, 1.82) is 0 Å². The molecule has 0 aliphatic carbocycles. The van der Waals surface area contributed by atoms with Gasteiger partial charge in [0.1, 0.15) is 0 Å². The highest BCUT2D eigenvalue weighted by molar-refractivity contribution is 9.10. The molecule has 46 heavy (non-hydrogen) atoms. The minimum absolute atomic E-state index is 0.0174. The number of carboxylic acids is 1. The van der Waals surface area contributed by atoms with Gasteiger partial charge in [-0.1, -0.05) is 108 Å². The van der Waals surface area contributed by atoms with Gasteiger partial charge in [-0.15, -0.1) is 0 Å². The first kappa shape index (κ1) is 34.4. The number of halogens is 4. The number of rotatable bonds is 12. The van der Waals surface area contributed by atoms with Crippen LogP contribution >= 0.6 is 15.9 Å². The van der Waals surface area contributed by atoms with E-state index in [9.17, 15) is 32.7 Å². The van der Waals surface area contributed by atoms with E-state index < -0.39 is 23.6 Å². The van der Waals surface area contributed by atoms with Crippen LogP contribution in [0.4, 0.5) is 13.2 Å². The first-order chi connectivity index (χ1) is 22.0. The summed E-state index contributed by atoms with van der Waals surface area (Å²) in [5.41, 5.74) is 3.32. The number of unbranched alkanes of at least 4 members (excludes halogenated alkanes) is 2. The van der Waals surface area contributed by atoms with Crippen LogP contribution in [0, 0.1) is 0 Å². The van der Waals surface area contributed by atoms with E-state index in [0.29, 0.717) is 33.3 Å². The van der Waals surface area contributed by atoms with Gasteiger partial charge in [-0.05, 0) is 64.4 Å². The quantitative estimate of drug-likeness (QED) is 0.115. The van der Waals surface area contributed by atoms with Crippen LogP contribution < -0.4 is 5.32 Å². The normalized spacial score (nSPS) is 11.2. The van der Waals surface area contributed by atoms with Crippen molar-refractivity contribution in [2.45, 2.75) is 58.4 Å². The molecule has 0 saturated heterocycles. The second-order valence-electron chi connectivity index (χ2n) is 11.0. The Morgan fingerprint density at radius 3 is 2.11 bits per heavy atom. The van der Waals surface area contributed by atoms with Gasteiger partial charge >= 0.3 is 18.1 Å². The number of nitrogens with zero attached hydrogens (tertiary/aromatic N) is 1. The molecule has 0 fully saturated rings. The predicted molar refractivity (Wildman–Crippen MR) is 174 cm³/mol. The number of alkyl halides is 3. The Morgan fingerprint density at radius 2 is 1.48 bits per heavy atom. The van der Waals surface area contributed by atoms with E-state index in [0.717, 1.165) is 29.4 Å². The van der Waals surface area contributed by atoms with Gasteiger partial charge in [0.05, 0.1) is 5.56 Å². The summed E-state index contributed by atoms with van der Waals surface area (Å²) in [6, 6.07) is 24.4. The molecule has 2 N–H and O–H groups in total. The predicted octanol–water partition coefficient (Wildman–Crippen LogP) is 8.41. The molecule has 0 aliphatic heterocycles. The van der Waals surface area contributed by atoms with Crippen molar-refractivity contribution in [2.24, 2.45) is 0 Å². The average molecular weight is 696 g/mol. The number of aryl methyl sites for hydroxylation is 1. The van der Waals surface area contributed by atoms with E-state index in [4.69, 9.17) is 0 Å². The number of nitrogens with one attached hydrogen (secondary N) is 1. The van der Waals surface area contributed by atoms with Gasteiger partial charge in [-0.25, -0.2) is 4.79 Å². The van der Waals surface area contributed by atoms with Crippen LogP contribution in [0.25, 0.3) is 11.1 Å². The first-order valence-corrected chi connectivity index (χ1v) is 15.7. The maximum absolute atomic E-state index is 13.5. The fourth-order valence-corrected chi connectivity index (χ4v) is 5.54. The number of carbonyl (C=O) groups is 3. The van der Waals surface area contributed by atoms with Gasteiger partial charge in [-0.3, -0.25) is 9.59 Å². The van der Waals surface area contributed by atoms with Crippen molar-refractivity contribution in [2.75, 3.05) is 0 Å². The van der Waals surface area contributed by atoms with Crippen LogP contribution in [0.5, 0.6) is 0 Å². The van der Waals surface area contributed by atoms with E-state index in [1.54, 1.807) is 30.3 Å². The van der Waals surface area contributed by atoms with Crippen LogP contribution in [0.15, 0.2) is 95.5 Å². The van der Waals surface area contributed by atoms with Crippen LogP contribution in [0.2, 0.25) is 0 Å². The molecular weight excluding hydrogens is 661 g/mol. The molecule has 240 valence electrons. The molecule has 0 aromatic heterocycles. The maximum Gasteiger partial charge on any atom is 0.417 e. The summed E-state index contributed by atoms with van der Waals surface area (Å²) in [5.74, 6) is -3.07. The van der Waals surface area contributed by atoms with Gasteiger partial charge < -0.3 is 15.3 Å². The lowest BCUT2D eigenvalue weighted by molar-refractivity contribution is -0.156. The Bertz CT molecular complexity index is 1670. The number of hydrogen-bond donors (Lipinski definition) is 2. The van der Waals surface area contributed by atoms with Crippen LogP contribution in [-0.2, 0) is 41.8 Å². The molecule has 4 aromatic carbocycles. The molecule has 0 saturated carbocycles. The van der Waals surface area contributed by atoms with Crippen molar-refractivity contribution >= 4 is 33.7 Å². The molecule has 0 bridgehead atoms. The summed E-state index contributed by atoms with van der Waals surface area (Å²) in [6.07, 6.45) is 0.0211. The minimum Gasteiger partial charge on any atom is -0.474 e. The summed E-state index contributed by atoms with van der Waals surface area (Å²) in [5, 5.41) is 12.4. The smallest absolute Gasteiger partial charge is 0.417 e. The van der Waals surface area contributed by atoms with Gasteiger partial charge in [0.2, 0.25) is 0 Å². The third-order valence-electron chi connectivity index (χ3n) is 7.56. The Morgan fingerprint density at radius 1 is 0.826 bits per heavy atom. The third-order valence-corrected chi connectivity index (χ3v) is 8.30. The Balaban J connectivity index is 1.42. The Kier molecular flexibility index (Phi) is 11.8. The highest BCUT2D eigenvalue weighted by Crippen LogP contribution is 2.37. The van der Waals surface area contributed by atoms with Gasteiger partial charge in [-0.2, -0.15) is 13.2 Å². The van der Waals surface area contributed by atoms with E-state index in [-0.39, 0.29) is 24.6 Å². The first-order valence-electron chi connectivity index (χ1n) is 14.9. The van der Waals surface area contributed by atoms with Crippen LogP contribution in [0.3, 0.4) is 0 Å². The maximum atomic E-state index is 13.5. The number of benzene rings is 4. The van der Waals surface area contributed by atoms with Gasteiger partial charge in [0.25, 0.3) is 5.91 Å². The lowest BCUT2D eigenvalue weighted by atomic mass is 9.98. The molecule has 6 nitrogen and oxygen atoms in total. The summed E-state index contributed by atoms with van der Waals surface area (Å²) >= 11 is 3.45. The molecule has 4 aromatic rings. The second kappa shape index (κ2) is 15.7. The van der Waals surface area contributed by atoms with E-state index in [2.05, 4.69) is 40.3 Å². The molecule has 0 atom stereocenters. The third kappa shape index (κ3) is 9.29. The number of hydrogen-bond acceptors (Lipinski definition) is 3. The largest absolute Gasteiger partial charge is 0.474 e. The molecule has 0 spiro atoms. The van der Waals surface area contributed by atoms with Crippen molar-refractivity contribution in [1.82, 2.24) is 10.2 Å². The molecule has 10 heteroatoms. The zero-order valence-corrected chi connectivity index (χ0v) is 26.8. The summed E-state index contributed by atoms with van der Waals surface area (Å²) < 4.78 is 41.0.